The molecule has 0 aromatic carbocycles. The summed E-state index contributed by atoms with van der Waals surface area (Å²) >= 11 is 6.47. The smallest absolute Gasteiger partial charge is 0.0834 e. The number of hydrogen-bond donors (Lipinski definition) is 1. The molecule has 21 heavy (non-hydrogen) atoms. The maximum absolute atomic E-state index is 6.47. The van der Waals surface area contributed by atoms with E-state index in [0.29, 0.717) is 18.1 Å². The zero-order chi connectivity index (χ0) is 14.8. The Bertz CT molecular complexity index is 476. The predicted octanol–water partition coefficient (Wildman–Crippen LogP) is 3.55. The van der Waals surface area contributed by atoms with E-state index in [2.05, 4.69) is 28.9 Å². The zero-order valence-corrected chi connectivity index (χ0v) is 13.8. The van der Waals surface area contributed by atoms with Gasteiger partial charge in [-0.3, -0.25) is 4.68 Å². The molecule has 0 spiro atoms. The van der Waals surface area contributed by atoms with E-state index < -0.39 is 0 Å². The second-order valence-corrected chi connectivity index (χ2v) is 6.71. The summed E-state index contributed by atoms with van der Waals surface area (Å²) in [4.78, 5) is 0. The highest BCUT2D eigenvalue weighted by atomic mass is 35.5. The van der Waals surface area contributed by atoms with E-state index in [-0.39, 0.29) is 6.04 Å². The molecule has 2 aliphatic rings. The quantitative estimate of drug-likeness (QED) is 0.837. The summed E-state index contributed by atoms with van der Waals surface area (Å²) in [5.74, 6) is 0.528. The molecule has 4 atom stereocenters. The number of hydrogen-bond acceptors (Lipinski definition) is 3. The highest BCUT2D eigenvalue weighted by Gasteiger charge is 2.45. The molecule has 4 nitrogen and oxygen atoms in total. The molecule has 0 aliphatic carbocycles. The van der Waals surface area contributed by atoms with Crippen LogP contribution in [0, 0.1) is 5.92 Å². The molecule has 0 saturated carbocycles. The van der Waals surface area contributed by atoms with Gasteiger partial charge in [-0.1, -0.05) is 25.4 Å². The summed E-state index contributed by atoms with van der Waals surface area (Å²) in [5, 5.41) is 8.98. The highest BCUT2D eigenvalue weighted by Crippen LogP contribution is 2.45. The molecule has 3 rings (SSSR count). The lowest BCUT2D eigenvalue weighted by atomic mass is 9.82. The average Bonchev–Trinajstić information content (AvgIpc) is 3.18. The van der Waals surface area contributed by atoms with Gasteiger partial charge in [0.15, 0.2) is 0 Å². The van der Waals surface area contributed by atoms with Crippen LogP contribution in [-0.2, 0) is 11.3 Å². The van der Waals surface area contributed by atoms with Crippen molar-refractivity contribution in [3.05, 3.63) is 16.9 Å². The molecule has 2 bridgehead atoms. The van der Waals surface area contributed by atoms with Gasteiger partial charge in [0.2, 0.25) is 0 Å². The van der Waals surface area contributed by atoms with Gasteiger partial charge in [0.05, 0.1) is 35.2 Å². The van der Waals surface area contributed by atoms with E-state index in [1.807, 2.05) is 0 Å². The third kappa shape index (κ3) is 2.99. The third-order valence-corrected chi connectivity index (χ3v) is 5.05. The van der Waals surface area contributed by atoms with Gasteiger partial charge in [-0.15, -0.1) is 0 Å². The van der Waals surface area contributed by atoms with E-state index in [1.165, 1.54) is 12.8 Å². The van der Waals surface area contributed by atoms with Crippen molar-refractivity contribution < 1.29 is 4.74 Å². The summed E-state index contributed by atoms with van der Waals surface area (Å²) in [6.07, 6.45) is 8.41. The maximum atomic E-state index is 6.47. The van der Waals surface area contributed by atoms with Crippen molar-refractivity contribution in [3.63, 3.8) is 0 Å². The number of ether oxygens (including phenoxy) is 1. The lowest BCUT2D eigenvalue weighted by Crippen LogP contribution is -2.36. The van der Waals surface area contributed by atoms with E-state index in [4.69, 9.17) is 16.3 Å². The Morgan fingerprint density at radius 1 is 1.43 bits per heavy atom. The molecule has 1 N–H and O–H groups in total. The van der Waals surface area contributed by atoms with Crippen molar-refractivity contribution >= 4 is 11.6 Å². The summed E-state index contributed by atoms with van der Waals surface area (Å²) in [7, 11) is 0. The summed E-state index contributed by atoms with van der Waals surface area (Å²) in [6.45, 7) is 6.31. The highest BCUT2D eigenvalue weighted by molar-refractivity contribution is 6.31. The Hall–Kier alpha value is -0.580. The molecule has 2 fully saturated rings. The van der Waals surface area contributed by atoms with Crippen LogP contribution in [0.4, 0.5) is 0 Å². The van der Waals surface area contributed by atoms with Crippen LogP contribution < -0.4 is 5.32 Å². The Balaban J connectivity index is 1.86. The first-order valence-electron chi connectivity index (χ1n) is 8.34. The molecule has 4 unspecified atom stereocenters. The predicted molar refractivity (Wildman–Crippen MR) is 84.6 cm³/mol. The molecule has 1 aromatic heterocycles. The average molecular weight is 312 g/mol. The maximum Gasteiger partial charge on any atom is 0.0834 e. The van der Waals surface area contributed by atoms with Gasteiger partial charge in [0.25, 0.3) is 0 Å². The van der Waals surface area contributed by atoms with Crippen LogP contribution in [0.25, 0.3) is 0 Å². The van der Waals surface area contributed by atoms with Crippen molar-refractivity contribution in [2.75, 3.05) is 6.54 Å². The van der Waals surface area contributed by atoms with Crippen LogP contribution in [0.5, 0.6) is 0 Å². The SMILES string of the molecule is CCCNC(c1c(Cl)cnn1CCC)C1CC2CCC1O2. The van der Waals surface area contributed by atoms with Crippen molar-refractivity contribution in [2.24, 2.45) is 5.92 Å². The van der Waals surface area contributed by atoms with Crippen LogP contribution in [0.3, 0.4) is 0 Å². The standard InChI is InChI=1S/C16H26ClN3O/c1-3-7-18-15(12-9-11-5-6-14(12)21-11)16-13(17)10-19-20(16)8-4-2/h10-12,14-15,18H,3-9H2,1-2H3. The van der Waals surface area contributed by atoms with E-state index in [9.17, 15) is 0 Å². The molecule has 0 amide bonds. The first kappa shape index (κ1) is 15.3. The molecule has 2 aliphatic heterocycles. The summed E-state index contributed by atoms with van der Waals surface area (Å²) < 4.78 is 8.16. The monoisotopic (exact) mass is 311 g/mol. The molecule has 5 heteroatoms. The molecule has 1 aromatic rings. The van der Waals surface area contributed by atoms with Crippen LogP contribution in [0.2, 0.25) is 5.02 Å². The Morgan fingerprint density at radius 2 is 2.29 bits per heavy atom. The largest absolute Gasteiger partial charge is 0.375 e. The van der Waals surface area contributed by atoms with Crippen molar-refractivity contribution in [1.82, 2.24) is 15.1 Å². The summed E-state index contributed by atoms with van der Waals surface area (Å²) in [5.41, 5.74) is 1.16. The number of nitrogens with one attached hydrogen (secondary N) is 1. The minimum absolute atomic E-state index is 0.266. The Kier molecular flexibility index (Phi) is 4.87. The third-order valence-electron chi connectivity index (χ3n) is 4.76. The van der Waals surface area contributed by atoms with Gasteiger partial charge in [-0.05, 0) is 38.6 Å². The van der Waals surface area contributed by atoms with E-state index in [0.717, 1.165) is 43.1 Å². The van der Waals surface area contributed by atoms with Gasteiger partial charge in [0, 0.05) is 12.5 Å². The molecule has 2 saturated heterocycles. The second-order valence-electron chi connectivity index (χ2n) is 6.31. The summed E-state index contributed by atoms with van der Waals surface area (Å²) in [6, 6.07) is 0.266. The van der Waals surface area contributed by atoms with Gasteiger partial charge in [0.1, 0.15) is 0 Å². The van der Waals surface area contributed by atoms with Crippen molar-refractivity contribution in [3.8, 4) is 0 Å². The van der Waals surface area contributed by atoms with Crippen molar-refractivity contribution in [2.45, 2.75) is 70.7 Å². The van der Waals surface area contributed by atoms with E-state index in [1.54, 1.807) is 6.20 Å². The fourth-order valence-corrected chi connectivity index (χ4v) is 4.11. The lowest BCUT2D eigenvalue weighted by Gasteiger charge is -2.30. The minimum Gasteiger partial charge on any atom is -0.375 e. The van der Waals surface area contributed by atoms with Gasteiger partial charge >= 0.3 is 0 Å². The topological polar surface area (TPSA) is 39.1 Å². The Labute approximate surface area is 132 Å². The molecular weight excluding hydrogens is 286 g/mol. The normalized spacial score (nSPS) is 29.2. The Morgan fingerprint density at radius 3 is 2.90 bits per heavy atom. The lowest BCUT2D eigenvalue weighted by molar-refractivity contribution is 0.0849. The number of aromatic nitrogens is 2. The first-order valence-corrected chi connectivity index (χ1v) is 8.72. The van der Waals surface area contributed by atoms with Crippen LogP contribution in [0.15, 0.2) is 6.20 Å². The number of nitrogens with zero attached hydrogens (tertiary/aromatic N) is 2. The number of halogens is 1. The van der Waals surface area contributed by atoms with Crippen LogP contribution in [0.1, 0.15) is 57.7 Å². The zero-order valence-electron chi connectivity index (χ0n) is 13.0. The second kappa shape index (κ2) is 6.67. The van der Waals surface area contributed by atoms with Gasteiger partial charge < -0.3 is 10.1 Å². The molecule has 118 valence electrons. The number of fused-ring (bicyclic) bond motifs is 2. The van der Waals surface area contributed by atoms with Gasteiger partial charge in [-0.2, -0.15) is 5.10 Å². The van der Waals surface area contributed by atoms with Crippen LogP contribution in [-0.4, -0.2) is 28.5 Å². The van der Waals surface area contributed by atoms with Gasteiger partial charge in [-0.25, -0.2) is 0 Å². The minimum atomic E-state index is 0.266. The van der Waals surface area contributed by atoms with Crippen molar-refractivity contribution in [1.29, 1.82) is 0 Å². The fraction of sp³-hybridized carbons (Fsp3) is 0.812. The number of rotatable bonds is 7. The fourth-order valence-electron chi connectivity index (χ4n) is 3.85. The number of aryl methyl sites for hydroxylation is 1. The molecular formula is C16H26ClN3O. The molecule has 0 radical (unpaired) electrons. The first-order chi connectivity index (χ1) is 10.2. The molecule has 3 heterocycles. The van der Waals surface area contributed by atoms with Crippen LogP contribution >= 0.6 is 11.6 Å². The van der Waals surface area contributed by atoms with E-state index >= 15 is 0 Å².